The number of rotatable bonds is 4. The molecule has 246 valence electrons. The number of pyridine rings is 2. The number of carbonyl (C=O) groups excluding carboxylic acids is 2. The quantitative estimate of drug-likeness (QED) is 0.214. The van der Waals surface area contributed by atoms with Gasteiger partial charge < -0.3 is 31.1 Å². The molecule has 4 N–H and O–H groups in total. The molecule has 0 bridgehead atoms. The molecule has 48 heavy (non-hydrogen) atoms. The number of piperidine rings is 1. The summed E-state index contributed by atoms with van der Waals surface area (Å²) in [6.45, 7) is 6.67. The van der Waals surface area contributed by atoms with Crippen molar-refractivity contribution in [3.05, 3.63) is 125 Å². The third-order valence-electron chi connectivity index (χ3n) is 9.57. The van der Waals surface area contributed by atoms with Gasteiger partial charge >= 0.3 is 12.1 Å². The summed E-state index contributed by atoms with van der Waals surface area (Å²) >= 11 is 0. The highest BCUT2D eigenvalue weighted by atomic mass is 16.2. The Morgan fingerprint density at radius 3 is 1.71 bits per heavy atom. The molecule has 4 aromatic rings. The van der Waals surface area contributed by atoms with Crippen molar-refractivity contribution in [3.63, 3.8) is 0 Å². The van der Waals surface area contributed by atoms with E-state index in [1.54, 1.807) is 17.3 Å². The maximum Gasteiger partial charge on any atom is 0.322 e. The van der Waals surface area contributed by atoms with Crippen LogP contribution in [-0.4, -0.2) is 58.0 Å². The van der Waals surface area contributed by atoms with Crippen molar-refractivity contribution in [2.75, 3.05) is 36.8 Å². The van der Waals surface area contributed by atoms with E-state index in [9.17, 15) is 9.59 Å². The molecule has 4 amide bonds. The number of hydrogen-bond donors (Lipinski definition) is 4. The average Bonchev–Trinajstić information content (AvgIpc) is 3.79. The number of urea groups is 2. The van der Waals surface area contributed by atoms with Gasteiger partial charge in [0, 0.05) is 68.9 Å². The summed E-state index contributed by atoms with van der Waals surface area (Å²) in [5.74, 6) is 0.636. The monoisotopic (exact) mass is 642 g/mol. The Kier molecular flexibility index (Phi) is 9.72. The van der Waals surface area contributed by atoms with E-state index in [1.165, 1.54) is 40.7 Å². The summed E-state index contributed by atoms with van der Waals surface area (Å²) in [4.78, 5) is 36.8. The minimum Gasteiger partial charge on any atom is -0.317 e. The van der Waals surface area contributed by atoms with Gasteiger partial charge in [-0.15, -0.1) is 0 Å². The molecule has 4 aliphatic rings. The van der Waals surface area contributed by atoms with Crippen LogP contribution < -0.4 is 21.3 Å². The molecule has 0 unspecified atom stereocenters. The smallest absolute Gasteiger partial charge is 0.317 e. The molecular formula is C38H42N8O2. The molecule has 4 aliphatic heterocycles. The zero-order valence-electron chi connectivity index (χ0n) is 27.1. The van der Waals surface area contributed by atoms with E-state index in [0.29, 0.717) is 32.1 Å². The van der Waals surface area contributed by atoms with Crippen molar-refractivity contribution in [3.8, 4) is 0 Å². The Balaban J connectivity index is 0.000000152. The molecule has 0 radical (unpaired) electrons. The summed E-state index contributed by atoms with van der Waals surface area (Å²) in [5, 5.41) is 12.7. The molecule has 10 nitrogen and oxygen atoms in total. The minimum absolute atomic E-state index is 0.0548. The van der Waals surface area contributed by atoms with Crippen molar-refractivity contribution < 1.29 is 9.59 Å². The Bertz CT molecular complexity index is 1720. The topological polar surface area (TPSA) is 115 Å². The van der Waals surface area contributed by atoms with E-state index < -0.39 is 0 Å². The fourth-order valence-electron chi connectivity index (χ4n) is 6.78. The number of benzene rings is 2. The first-order chi connectivity index (χ1) is 23.6. The highest BCUT2D eigenvalue weighted by Gasteiger charge is 2.24. The van der Waals surface area contributed by atoms with Crippen LogP contribution >= 0.6 is 0 Å². The molecule has 0 atom stereocenters. The zero-order valence-corrected chi connectivity index (χ0v) is 27.1. The van der Waals surface area contributed by atoms with Crippen LogP contribution in [0.15, 0.2) is 91.5 Å². The van der Waals surface area contributed by atoms with Crippen molar-refractivity contribution >= 4 is 29.0 Å². The number of amides is 4. The number of nitrogens with one attached hydrogen (secondary N) is 4. The third kappa shape index (κ3) is 7.56. The molecule has 6 heterocycles. The fraction of sp³-hybridized carbons (Fsp3) is 0.316. The van der Waals surface area contributed by atoms with Crippen LogP contribution in [0.1, 0.15) is 58.6 Å². The highest BCUT2D eigenvalue weighted by Crippen LogP contribution is 2.28. The van der Waals surface area contributed by atoms with Crippen molar-refractivity contribution in [1.29, 1.82) is 0 Å². The van der Waals surface area contributed by atoms with Gasteiger partial charge in [0.05, 0.1) is 0 Å². The molecule has 0 saturated carbocycles. The van der Waals surface area contributed by atoms with Gasteiger partial charge in [0.25, 0.3) is 0 Å². The number of aromatic nitrogens is 2. The highest BCUT2D eigenvalue weighted by molar-refractivity contribution is 5.90. The number of carbonyl (C=O) groups is 2. The lowest BCUT2D eigenvalue weighted by molar-refractivity contribution is 0.212. The van der Waals surface area contributed by atoms with Gasteiger partial charge in [0.2, 0.25) is 0 Å². The molecule has 8 rings (SSSR count). The lowest BCUT2D eigenvalue weighted by atomic mass is 9.90. The van der Waals surface area contributed by atoms with Gasteiger partial charge in [-0.25, -0.2) is 9.59 Å². The Hall–Kier alpha value is -5.06. The second-order valence-corrected chi connectivity index (χ2v) is 12.8. The summed E-state index contributed by atoms with van der Waals surface area (Å²) in [7, 11) is 0. The molecule has 2 aromatic heterocycles. The van der Waals surface area contributed by atoms with Crippen LogP contribution in [0.4, 0.5) is 21.0 Å². The summed E-state index contributed by atoms with van der Waals surface area (Å²) < 4.78 is 0. The average molecular weight is 643 g/mol. The van der Waals surface area contributed by atoms with Crippen LogP contribution in [0.5, 0.6) is 0 Å². The minimum atomic E-state index is -0.0694. The van der Waals surface area contributed by atoms with Crippen molar-refractivity contribution in [1.82, 2.24) is 30.4 Å². The first kappa shape index (κ1) is 31.5. The number of hydrogen-bond acceptors (Lipinski definition) is 6. The Labute approximate surface area is 281 Å². The van der Waals surface area contributed by atoms with E-state index in [1.807, 2.05) is 53.7 Å². The zero-order chi connectivity index (χ0) is 32.7. The van der Waals surface area contributed by atoms with Crippen molar-refractivity contribution in [2.24, 2.45) is 0 Å². The number of anilines is 2. The number of nitrogens with zero attached hydrogens (tertiary/aromatic N) is 4. The van der Waals surface area contributed by atoms with Crippen LogP contribution in [0, 0.1) is 0 Å². The molecule has 0 aliphatic carbocycles. The Morgan fingerprint density at radius 2 is 1.19 bits per heavy atom. The van der Waals surface area contributed by atoms with Crippen LogP contribution in [0.3, 0.4) is 0 Å². The summed E-state index contributed by atoms with van der Waals surface area (Å²) in [6.07, 6.45) is 12.9. The van der Waals surface area contributed by atoms with E-state index in [-0.39, 0.29) is 12.1 Å². The van der Waals surface area contributed by atoms with Gasteiger partial charge in [-0.05, 0) is 120 Å². The number of fused-ring (bicyclic) bond motifs is 2. The van der Waals surface area contributed by atoms with Gasteiger partial charge in [0.15, 0.2) is 0 Å². The van der Waals surface area contributed by atoms with Gasteiger partial charge in [-0.2, -0.15) is 0 Å². The second kappa shape index (κ2) is 14.8. The maximum atomic E-state index is 12.5. The Morgan fingerprint density at radius 1 is 0.646 bits per heavy atom. The molecule has 0 spiro atoms. The van der Waals surface area contributed by atoms with Gasteiger partial charge in [-0.3, -0.25) is 9.97 Å². The molecule has 1 saturated heterocycles. The lowest BCUT2D eigenvalue weighted by Crippen LogP contribution is -2.30. The second-order valence-electron chi connectivity index (χ2n) is 12.8. The third-order valence-corrected chi connectivity index (χ3v) is 9.57. The van der Waals surface area contributed by atoms with Crippen molar-refractivity contribution in [2.45, 2.75) is 51.4 Å². The molecule has 1 fully saturated rings. The fourth-order valence-corrected chi connectivity index (χ4v) is 6.78. The van der Waals surface area contributed by atoms with Crippen LogP contribution in [0.2, 0.25) is 0 Å². The van der Waals surface area contributed by atoms with E-state index in [4.69, 9.17) is 0 Å². The SMILES string of the molecule is O=C(Nc1ccc(C2=CCNCC2)cc1)N1Cc2ccncc2C1.O=C(Nc1ccc(C2CCNCC2)cc1)N1Cc2ccncc2C1. The maximum absolute atomic E-state index is 12.5. The normalized spacial score (nSPS) is 17.0. The largest absolute Gasteiger partial charge is 0.322 e. The van der Waals surface area contributed by atoms with Crippen LogP contribution in [-0.2, 0) is 26.2 Å². The standard InChI is InChI=1S/C19H22N4O.C19H20N4O/c2*24-19(23-12-16-7-10-21-11-17(16)13-23)22-18-3-1-14(2-4-18)15-5-8-20-9-6-15/h1-4,7,10-11,15,20H,5-6,8-9,12-13H2,(H,22,24);1-5,7,10-11,20H,6,8-9,12-13H2,(H,22,24). The summed E-state index contributed by atoms with van der Waals surface area (Å²) in [5.41, 5.74) is 10.3. The van der Waals surface area contributed by atoms with Crippen LogP contribution in [0.25, 0.3) is 5.57 Å². The van der Waals surface area contributed by atoms with E-state index >= 15 is 0 Å². The van der Waals surface area contributed by atoms with E-state index in [0.717, 1.165) is 55.1 Å². The first-order valence-electron chi connectivity index (χ1n) is 16.9. The summed E-state index contributed by atoms with van der Waals surface area (Å²) in [6, 6.07) is 20.3. The van der Waals surface area contributed by atoms with E-state index in [2.05, 4.69) is 61.6 Å². The predicted octanol–water partition coefficient (Wildman–Crippen LogP) is 6.10. The molecule has 2 aromatic carbocycles. The van der Waals surface area contributed by atoms with Gasteiger partial charge in [0.1, 0.15) is 0 Å². The predicted molar refractivity (Wildman–Crippen MR) is 188 cm³/mol. The first-order valence-corrected chi connectivity index (χ1v) is 16.9. The molecular weight excluding hydrogens is 600 g/mol. The molecule has 10 heteroatoms. The van der Waals surface area contributed by atoms with Gasteiger partial charge in [-0.1, -0.05) is 30.3 Å². The lowest BCUT2D eigenvalue weighted by Gasteiger charge is -2.23.